The number of fused-ring (bicyclic) bond motifs is 1. The molecule has 0 spiro atoms. The average Bonchev–Trinajstić information content (AvgIpc) is 3.14. The van der Waals surface area contributed by atoms with Crippen LogP contribution >= 0.6 is 11.3 Å². The summed E-state index contributed by atoms with van der Waals surface area (Å²) in [6, 6.07) is 6.38. The fourth-order valence-corrected chi connectivity index (χ4v) is 3.52. The van der Waals surface area contributed by atoms with Crippen LogP contribution in [0, 0.1) is 11.7 Å². The number of imidazole rings is 1. The first-order chi connectivity index (χ1) is 11.7. The van der Waals surface area contributed by atoms with E-state index >= 15 is 0 Å². The van der Waals surface area contributed by atoms with Gasteiger partial charge < -0.3 is 4.90 Å². The van der Waals surface area contributed by atoms with Crippen LogP contribution in [-0.4, -0.2) is 26.7 Å². The number of hydrogen-bond donors (Lipinski definition) is 0. The first-order valence-corrected chi connectivity index (χ1v) is 8.98. The molecule has 1 aliphatic rings. The highest BCUT2D eigenvalue weighted by molar-refractivity contribution is 7.15. The maximum absolute atomic E-state index is 13.1. The Hall–Kier alpha value is -2.21. The number of carbonyl (C=O) groups excluding carboxylic acids is 1. The van der Waals surface area contributed by atoms with Gasteiger partial charge in [-0.1, -0.05) is 12.1 Å². The summed E-state index contributed by atoms with van der Waals surface area (Å²) in [6.07, 6.45) is 6.54. The van der Waals surface area contributed by atoms with Crippen molar-refractivity contribution in [2.24, 2.45) is 5.92 Å². The van der Waals surface area contributed by atoms with Crippen molar-refractivity contribution in [1.82, 2.24) is 14.3 Å². The number of benzene rings is 1. The van der Waals surface area contributed by atoms with Crippen molar-refractivity contribution in [1.29, 1.82) is 0 Å². The van der Waals surface area contributed by atoms with Gasteiger partial charge in [-0.3, -0.25) is 9.20 Å². The fraction of sp³-hybridized carbons (Fsp3) is 0.333. The second-order valence-electron chi connectivity index (χ2n) is 6.35. The molecule has 1 fully saturated rings. The number of nitrogens with zero attached hydrogens (tertiary/aromatic N) is 3. The summed E-state index contributed by atoms with van der Waals surface area (Å²) in [5.41, 5.74) is 1.75. The Morgan fingerprint density at radius 2 is 2.12 bits per heavy atom. The molecule has 2 heterocycles. The van der Waals surface area contributed by atoms with Crippen molar-refractivity contribution in [3.05, 3.63) is 59.1 Å². The van der Waals surface area contributed by atoms with Crippen LogP contribution in [0.3, 0.4) is 0 Å². The Labute approximate surface area is 143 Å². The van der Waals surface area contributed by atoms with Gasteiger partial charge >= 0.3 is 0 Å². The lowest BCUT2D eigenvalue weighted by Gasteiger charge is -2.22. The molecular weight excluding hydrogens is 325 g/mol. The van der Waals surface area contributed by atoms with Crippen LogP contribution in [0.4, 0.5) is 4.39 Å². The standard InChI is InChI=1S/C18H18FN3OS/c19-15-5-3-14(4-6-15)11-22(10-13-1-2-13)17(23)9-16-12-21-7-8-24-18(21)20-16/h3-8,12-13H,1-2,9-11H2. The molecule has 1 aromatic carbocycles. The van der Waals surface area contributed by atoms with Crippen LogP contribution in [0.1, 0.15) is 24.1 Å². The van der Waals surface area contributed by atoms with Crippen molar-refractivity contribution in [3.8, 4) is 0 Å². The Bertz CT molecular complexity index is 822. The van der Waals surface area contributed by atoms with E-state index in [9.17, 15) is 9.18 Å². The van der Waals surface area contributed by atoms with Gasteiger partial charge in [-0.05, 0) is 36.5 Å². The topological polar surface area (TPSA) is 37.6 Å². The van der Waals surface area contributed by atoms with Crippen molar-refractivity contribution in [2.75, 3.05) is 6.54 Å². The van der Waals surface area contributed by atoms with Gasteiger partial charge in [0.2, 0.25) is 5.91 Å². The van der Waals surface area contributed by atoms with Crippen LogP contribution in [0.25, 0.3) is 4.96 Å². The minimum absolute atomic E-state index is 0.0805. The minimum atomic E-state index is -0.253. The predicted octanol–water partition coefficient (Wildman–Crippen LogP) is 3.52. The summed E-state index contributed by atoms with van der Waals surface area (Å²) in [5.74, 6) is 0.439. The van der Waals surface area contributed by atoms with Crippen molar-refractivity contribution >= 4 is 22.2 Å². The van der Waals surface area contributed by atoms with Crippen molar-refractivity contribution in [2.45, 2.75) is 25.8 Å². The second kappa shape index (κ2) is 6.36. The van der Waals surface area contributed by atoms with Gasteiger partial charge in [0.15, 0.2) is 4.96 Å². The quantitative estimate of drug-likeness (QED) is 0.687. The zero-order chi connectivity index (χ0) is 16.5. The summed E-state index contributed by atoms with van der Waals surface area (Å²) in [7, 11) is 0. The van der Waals surface area contributed by atoms with E-state index in [0.29, 0.717) is 18.9 Å². The third kappa shape index (κ3) is 3.48. The molecule has 0 atom stereocenters. The largest absolute Gasteiger partial charge is 0.338 e. The molecular formula is C18H18FN3OS. The number of halogens is 1. The molecule has 4 nitrogen and oxygen atoms in total. The summed E-state index contributed by atoms with van der Waals surface area (Å²) in [5, 5.41) is 1.97. The molecule has 1 amide bonds. The normalized spacial score (nSPS) is 14.2. The van der Waals surface area contributed by atoms with E-state index in [2.05, 4.69) is 4.98 Å². The van der Waals surface area contributed by atoms with Gasteiger partial charge in [-0.2, -0.15) is 0 Å². The Kier molecular flexibility index (Phi) is 4.06. The SMILES string of the molecule is O=C(Cc1cn2ccsc2n1)N(Cc1ccc(F)cc1)CC1CC1. The fourth-order valence-electron chi connectivity index (χ4n) is 2.80. The van der Waals surface area contributed by atoms with Crippen molar-refractivity contribution < 1.29 is 9.18 Å². The van der Waals surface area contributed by atoms with Gasteiger partial charge in [-0.25, -0.2) is 9.37 Å². The maximum atomic E-state index is 13.1. The monoisotopic (exact) mass is 343 g/mol. The van der Waals surface area contributed by atoms with Gasteiger partial charge in [0, 0.05) is 30.9 Å². The Morgan fingerprint density at radius 1 is 1.33 bits per heavy atom. The smallest absolute Gasteiger partial charge is 0.228 e. The molecule has 124 valence electrons. The number of hydrogen-bond acceptors (Lipinski definition) is 3. The Morgan fingerprint density at radius 3 is 2.83 bits per heavy atom. The molecule has 6 heteroatoms. The minimum Gasteiger partial charge on any atom is -0.338 e. The van der Waals surface area contributed by atoms with E-state index in [-0.39, 0.29) is 11.7 Å². The van der Waals surface area contributed by atoms with Crippen LogP contribution < -0.4 is 0 Å². The molecule has 0 bridgehead atoms. The summed E-state index contributed by atoms with van der Waals surface area (Å²) >= 11 is 1.56. The first kappa shape index (κ1) is 15.3. The summed E-state index contributed by atoms with van der Waals surface area (Å²) < 4.78 is 15.0. The lowest BCUT2D eigenvalue weighted by Crippen LogP contribution is -2.33. The second-order valence-corrected chi connectivity index (χ2v) is 7.22. The summed E-state index contributed by atoms with van der Waals surface area (Å²) in [6.45, 7) is 1.30. The molecule has 1 saturated carbocycles. The van der Waals surface area contributed by atoms with Crippen LogP contribution in [0.15, 0.2) is 42.0 Å². The molecule has 0 aliphatic heterocycles. The molecule has 0 unspecified atom stereocenters. The van der Waals surface area contributed by atoms with Crippen LogP contribution in [-0.2, 0) is 17.8 Å². The number of amides is 1. The van der Waals surface area contributed by atoms with E-state index < -0.39 is 0 Å². The molecule has 0 radical (unpaired) electrons. The molecule has 2 aromatic heterocycles. The number of carbonyl (C=O) groups is 1. The third-order valence-electron chi connectivity index (χ3n) is 4.29. The lowest BCUT2D eigenvalue weighted by molar-refractivity contribution is -0.131. The zero-order valence-corrected chi connectivity index (χ0v) is 14.0. The van der Waals surface area contributed by atoms with Gasteiger partial charge in [0.1, 0.15) is 5.82 Å². The van der Waals surface area contributed by atoms with Crippen LogP contribution in [0.2, 0.25) is 0 Å². The highest BCUT2D eigenvalue weighted by Gasteiger charge is 2.27. The van der Waals surface area contributed by atoms with Crippen molar-refractivity contribution in [3.63, 3.8) is 0 Å². The summed E-state index contributed by atoms with van der Waals surface area (Å²) in [4.78, 5) is 20.0. The van der Waals surface area contributed by atoms with E-state index in [1.54, 1.807) is 23.5 Å². The van der Waals surface area contributed by atoms with E-state index in [1.165, 1.54) is 25.0 Å². The molecule has 1 aliphatic carbocycles. The molecule has 3 aromatic rings. The Balaban J connectivity index is 1.47. The van der Waals surface area contributed by atoms with E-state index in [1.807, 2.05) is 27.1 Å². The first-order valence-electron chi connectivity index (χ1n) is 8.10. The predicted molar refractivity (Wildman–Crippen MR) is 91.3 cm³/mol. The number of rotatable bonds is 6. The van der Waals surface area contributed by atoms with Crippen LogP contribution in [0.5, 0.6) is 0 Å². The lowest BCUT2D eigenvalue weighted by atomic mass is 10.2. The average molecular weight is 343 g/mol. The molecule has 24 heavy (non-hydrogen) atoms. The molecule has 0 saturated heterocycles. The number of aromatic nitrogens is 2. The van der Waals surface area contributed by atoms with E-state index in [0.717, 1.165) is 22.8 Å². The van der Waals surface area contributed by atoms with Gasteiger partial charge in [0.05, 0.1) is 12.1 Å². The van der Waals surface area contributed by atoms with E-state index in [4.69, 9.17) is 0 Å². The number of thiazole rings is 1. The van der Waals surface area contributed by atoms with Gasteiger partial charge in [-0.15, -0.1) is 11.3 Å². The highest BCUT2D eigenvalue weighted by Crippen LogP contribution is 2.30. The maximum Gasteiger partial charge on any atom is 0.228 e. The molecule has 0 N–H and O–H groups in total. The third-order valence-corrected chi connectivity index (χ3v) is 5.06. The highest BCUT2D eigenvalue weighted by atomic mass is 32.1. The molecule has 4 rings (SSSR count). The zero-order valence-electron chi connectivity index (χ0n) is 13.2. The van der Waals surface area contributed by atoms with Gasteiger partial charge in [0.25, 0.3) is 0 Å².